The molecular formula is C32H28BrN3O4. The molecule has 8 heteroatoms. The number of benzene rings is 3. The third-order valence-electron chi connectivity index (χ3n) is 8.39. The van der Waals surface area contributed by atoms with Crippen molar-refractivity contribution in [3.63, 3.8) is 0 Å². The molecular weight excluding hydrogens is 570 g/mol. The zero-order chi connectivity index (χ0) is 27.9. The van der Waals surface area contributed by atoms with E-state index < -0.39 is 16.9 Å². The number of halogens is 1. The van der Waals surface area contributed by atoms with E-state index >= 15 is 0 Å². The number of carboxylic acids is 1. The molecule has 2 N–H and O–H groups in total. The molecule has 3 fully saturated rings. The van der Waals surface area contributed by atoms with E-state index in [0.717, 1.165) is 26.7 Å². The van der Waals surface area contributed by atoms with E-state index in [0.29, 0.717) is 48.2 Å². The Morgan fingerprint density at radius 1 is 0.975 bits per heavy atom. The van der Waals surface area contributed by atoms with Crippen molar-refractivity contribution in [2.45, 2.75) is 44.6 Å². The number of nitrogens with zero attached hydrogens (tertiary/aromatic N) is 2. The molecule has 202 valence electrons. The number of hydrogen-bond acceptors (Lipinski definition) is 5. The Balaban J connectivity index is 1.43. The minimum absolute atomic E-state index is 0.229. The topological polar surface area (TPSA) is 101 Å². The first-order chi connectivity index (χ1) is 19.3. The summed E-state index contributed by atoms with van der Waals surface area (Å²) in [5, 5.41) is 18.6. The second-order valence-electron chi connectivity index (χ2n) is 10.7. The van der Waals surface area contributed by atoms with Crippen LogP contribution in [0.2, 0.25) is 0 Å². The lowest BCUT2D eigenvalue weighted by Crippen LogP contribution is -2.64. The molecule has 0 radical (unpaired) electrons. The Bertz CT molecular complexity index is 1650. The third-order valence-corrected chi connectivity index (χ3v) is 8.89. The van der Waals surface area contributed by atoms with Gasteiger partial charge in [-0.3, -0.25) is 9.59 Å². The van der Waals surface area contributed by atoms with Crippen molar-refractivity contribution in [3.8, 4) is 17.0 Å². The minimum Gasteiger partial charge on any atom is -0.481 e. The normalized spacial score (nSPS) is 22.8. The number of carboxylic acid groups (broad SMARTS) is 1. The van der Waals surface area contributed by atoms with Gasteiger partial charge in [-0.15, -0.1) is 0 Å². The van der Waals surface area contributed by atoms with Crippen LogP contribution in [0.25, 0.3) is 22.2 Å². The number of carbonyl (C=O) groups is 2. The van der Waals surface area contributed by atoms with E-state index in [1.165, 1.54) is 0 Å². The quantitative estimate of drug-likeness (QED) is 0.235. The highest BCUT2D eigenvalue weighted by atomic mass is 79.9. The number of nitrogens with one attached hydrogen (secondary N) is 1. The van der Waals surface area contributed by atoms with Gasteiger partial charge in [-0.25, -0.2) is 4.98 Å². The molecule has 0 atom stereocenters. The second kappa shape index (κ2) is 10.2. The largest absolute Gasteiger partial charge is 0.481 e. The molecule has 4 aromatic rings. The first kappa shape index (κ1) is 26.2. The lowest BCUT2D eigenvalue weighted by Gasteiger charge is -2.51. The molecule has 0 spiro atoms. The molecule has 40 heavy (non-hydrogen) atoms. The number of pyridine rings is 1. The Kier molecular flexibility index (Phi) is 6.66. The second-order valence-corrected chi connectivity index (χ2v) is 11.6. The van der Waals surface area contributed by atoms with Crippen molar-refractivity contribution < 1.29 is 19.5 Å². The summed E-state index contributed by atoms with van der Waals surface area (Å²) in [7, 11) is 0. The maximum Gasteiger partial charge on any atom is 0.310 e. The molecule has 3 aliphatic carbocycles. The summed E-state index contributed by atoms with van der Waals surface area (Å²) in [6.45, 7) is 1.92. The Labute approximate surface area is 240 Å². The molecule has 1 heterocycles. The summed E-state index contributed by atoms with van der Waals surface area (Å²) < 4.78 is 0.848. The standard InChI is InChI=1S/C32H28BrN3O4/c1-20-27(24-18-22(33)12-13-25(24)34-28(20)21-8-4-2-5-9-21)29(37)35-32-16-14-31(15-17-32,30(38)39)19-26(32)36-40-23-10-6-3-7-11-23/h2-13,18H,14-17,19H2,1H3,(H,35,37)(H,38,39)/b36-26+. The van der Waals surface area contributed by atoms with E-state index in [4.69, 9.17) is 9.82 Å². The predicted octanol–water partition coefficient (Wildman–Crippen LogP) is 6.93. The van der Waals surface area contributed by atoms with E-state index in [1.807, 2.05) is 73.7 Å². The Morgan fingerprint density at radius 3 is 2.33 bits per heavy atom. The van der Waals surface area contributed by atoms with Crippen molar-refractivity contribution in [2.24, 2.45) is 10.6 Å². The number of carbonyl (C=O) groups excluding carboxylic acids is 1. The van der Waals surface area contributed by atoms with Crippen LogP contribution < -0.4 is 10.2 Å². The van der Waals surface area contributed by atoms with Gasteiger partial charge in [-0.1, -0.05) is 69.6 Å². The first-order valence-electron chi connectivity index (χ1n) is 13.3. The molecule has 1 aromatic heterocycles. The average molecular weight is 598 g/mol. The van der Waals surface area contributed by atoms with Crippen molar-refractivity contribution in [1.29, 1.82) is 0 Å². The number of oxime groups is 1. The van der Waals surface area contributed by atoms with E-state index in [2.05, 4.69) is 26.4 Å². The molecule has 7 nitrogen and oxygen atoms in total. The van der Waals surface area contributed by atoms with E-state index in [-0.39, 0.29) is 12.3 Å². The molecule has 0 saturated heterocycles. The van der Waals surface area contributed by atoms with Gasteiger partial charge in [0.05, 0.1) is 33.4 Å². The van der Waals surface area contributed by atoms with Crippen molar-refractivity contribution in [2.75, 3.05) is 0 Å². The monoisotopic (exact) mass is 597 g/mol. The summed E-state index contributed by atoms with van der Waals surface area (Å²) >= 11 is 3.55. The van der Waals surface area contributed by atoms with Gasteiger partial charge >= 0.3 is 5.97 Å². The summed E-state index contributed by atoms with van der Waals surface area (Å²) in [5.41, 5.74) is 2.58. The van der Waals surface area contributed by atoms with Crippen LogP contribution in [0.1, 0.15) is 48.0 Å². The van der Waals surface area contributed by atoms with Crippen LogP contribution in [0.5, 0.6) is 5.75 Å². The van der Waals surface area contributed by atoms with Crippen molar-refractivity contribution >= 4 is 44.4 Å². The van der Waals surface area contributed by atoms with Crippen LogP contribution in [0.15, 0.2) is 88.5 Å². The van der Waals surface area contributed by atoms with Gasteiger partial charge in [-0.05, 0) is 68.5 Å². The molecule has 2 bridgehead atoms. The highest BCUT2D eigenvalue weighted by molar-refractivity contribution is 9.10. The third kappa shape index (κ3) is 4.56. The van der Waals surface area contributed by atoms with Crippen LogP contribution in [-0.2, 0) is 4.79 Å². The summed E-state index contributed by atoms with van der Waals surface area (Å²) in [6, 6.07) is 24.7. The van der Waals surface area contributed by atoms with Gasteiger partial charge in [0.25, 0.3) is 5.91 Å². The van der Waals surface area contributed by atoms with Crippen LogP contribution in [0, 0.1) is 12.3 Å². The van der Waals surface area contributed by atoms with Gasteiger partial charge in [0.1, 0.15) is 0 Å². The predicted molar refractivity (Wildman–Crippen MR) is 157 cm³/mol. The number of aliphatic carboxylic acids is 1. The molecule has 1 amide bonds. The van der Waals surface area contributed by atoms with Crippen molar-refractivity contribution in [3.05, 3.63) is 94.5 Å². The van der Waals surface area contributed by atoms with Crippen LogP contribution in [-0.4, -0.2) is 33.2 Å². The van der Waals surface area contributed by atoms with Gasteiger partial charge in [0, 0.05) is 21.8 Å². The zero-order valence-corrected chi connectivity index (χ0v) is 23.6. The highest BCUT2D eigenvalue weighted by Crippen LogP contribution is 2.51. The smallest absolute Gasteiger partial charge is 0.310 e. The van der Waals surface area contributed by atoms with Gasteiger partial charge in [0.2, 0.25) is 0 Å². The van der Waals surface area contributed by atoms with Crippen LogP contribution >= 0.6 is 15.9 Å². The summed E-state index contributed by atoms with van der Waals surface area (Å²) in [4.78, 5) is 37.3. The molecule has 7 rings (SSSR count). The SMILES string of the molecule is Cc1c(-c2ccccc2)nc2ccc(Br)cc2c1C(=O)NC12CCC(C(=O)O)(CC1)C/C2=N\Oc1ccccc1. The number of amides is 1. The summed E-state index contributed by atoms with van der Waals surface area (Å²) in [6.07, 6.45) is 2.10. The van der Waals surface area contributed by atoms with Crippen LogP contribution in [0.4, 0.5) is 0 Å². The average Bonchev–Trinajstić information content (AvgIpc) is 2.97. The van der Waals surface area contributed by atoms with E-state index in [9.17, 15) is 14.7 Å². The number of aromatic nitrogens is 1. The fourth-order valence-electron chi connectivity index (χ4n) is 6.09. The number of fused-ring (bicyclic) bond motifs is 4. The maximum atomic E-state index is 14.3. The zero-order valence-electron chi connectivity index (χ0n) is 22.0. The maximum absolute atomic E-state index is 14.3. The summed E-state index contributed by atoms with van der Waals surface area (Å²) in [5.74, 6) is -0.513. The fourth-order valence-corrected chi connectivity index (χ4v) is 6.45. The Hall–Kier alpha value is -4.04. The highest BCUT2D eigenvalue weighted by Gasteiger charge is 2.57. The molecule has 3 aliphatic rings. The first-order valence-corrected chi connectivity index (χ1v) is 14.1. The fraction of sp³-hybridized carbons (Fsp3) is 0.250. The molecule has 0 aliphatic heterocycles. The number of para-hydroxylation sites is 1. The number of rotatable bonds is 6. The lowest BCUT2D eigenvalue weighted by atomic mass is 9.56. The lowest BCUT2D eigenvalue weighted by molar-refractivity contribution is -0.152. The van der Waals surface area contributed by atoms with Gasteiger partial charge in [-0.2, -0.15) is 0 Å². The molecule has 3 saturated carbocycles. The van der Waals surface area contributed by atoms with Gasteiger partial charge < -0.3 is 15.3 Å². The van der Waals surface area contributed by atoms with Crippen LogP contribution in [0.3, 0.4) is 0 Å². The minimum atomic E-state index is -0.893. The Morgan fingerprint density at radius 2 is 1.65 bits per heavy atom. The van der Waals surface area contributed by atoms with Gasteiger partial charge in [0.15, 0.2) is 5.75 Å². The molecule has 3 aromatic carbocycles. The van der Waals surface area contributed by atoms with Crippen molar-refractivity contribution in [1.82, 2.24) is 10.3 Å². The molecule has 0 unspecified atom stereocenters. The van der Waals surface area contributed by atoms with E-state index in [1.54, 1.807) is 12.1 Å². The number of hydrogen-bond donors (Lipinski definition) is 2.